The summed E-state index contributed by atoms with van der Waals surface area (Å²) in [7, 11) is 0. The highest BCUT2D eigenvalue weighted by molar-refractivity contribution is 5.23. The molecular weight excluding hydrogens is 212 g/mol. The maximum atomic E-state index is 9.89. The normalized spacial score (nSPS) is 13.0. The Labute approximate surface area is 105 Å². The molecule has 0 amide bonds. The molecule has 0 spiro atoms. The van der Waals surface area contributed by atoms with Gasteiger partial charge in [0.05, 0.1) is 6.61 Å². The van der Waals surface area contributed by atoms with Crippen LogP contribution in [0, 0.1) is 12.8 Å². The Balaban J connectivity index is 2.21. The highest BCUT2D eigenvalue weighted by atomic mass is 16.5. The maximum absolute atomic E-state index is 9.89. The molecule has 0 bridgehead atoms. The van der Waals surface area contributed by atoms with Crippen molar-refractivity contribution in [2.75, 3.05) is 13.2 Å². The molecule has 1 unspecified atom stereocenters. The summed E-state index contributed by atoms with van der Waals surface area (Å²) in [4.78, 5) is 0. The molecule has 1 aromatic rings. The van der Waals surface area contributed by atoms with Gasteiger partial charge in [0.1, 0.15) is 6.10 Å². The topological polar surface area (TPSA) is 29.5 Å². The minimum Gasteiger partial charge on any atom is -0.386 e. The minimum absolute atomic E-state index is 0.390. The van der Waals surface area contributed by atoms with E-state index < -0.39 is 6.10 Å². The molecule has 96 valence electrons. The zero-order valence-corrected chi connectivity index (χ0v) is 11.1. The number of hydrogen-bond donors (Lipinski definition) is 1. The Morgan fingerprint density at radius 2 is 1.82 bits per heavy atom. The molecule has 0 aliphatic carbocycles. The molecule has 1 N–H and O–H groups in total. The van der Waals surface area contributed by atoms with E-state index in [0.29, 0.717) is 6.61 Å². The molecule has 1 atom stereocenters. The van der Waals surface area contributed by atoms with Crippen LogP contribution in [0.25, 0.3) is 0 Å². The second-order valence-corrected chi connectivity index (χ2v) is 5.04. The van der Waals surface area contributed by atoms with E-state index in [1.54, 1.807) is 0 Å². The molecule has 1 aromatic carbocycles. The van der Waals surface area contributed by atoms with E-state index in [9.17, 15) is 5.11 Å². The molecule has 0 aliphatic rings. The van der Waals surface area contributed by atoms with E-state index in [0.717, 1.165) is 24.5 Å². The van der Waals surface area contributed by atoms with Gasteiger partial charge in [0, 0.05) is 6.61 Å². The van der Waals surface area contributed by atoms with E-state index in [4.69, 9.17) is 4.74 Å². The number of ether oxygens (including phenoxy) is 1. The molecule has 2 nitrogen and oxygen atoms in total. The van der Waals surface area contributed by atoms with Crippen LogP contribution in [0.2, 0.25) is 0 Å². The SMILES string of the molecule is Cc1ccc(C(O)COCCCC(C)C)cc1. The second kappa shape index (κ2) is 7.46. The van der Waals surface area contributed by atoms with Gasteiger partial charge >= 0.3 is 0 Å². The minimum atomic E-state index is -0.505. The average Bonchev–Trinajstić information content (AvgIpc) is 2.29. The molecule has 0 aliphatic heterocycles. The van der Waals surface area contributed by atoms with Crippen LogP contribution in [0.15, 0.2) is 24.3 Å². The third-order valence-corrected chi connectivity index (χ3v) is 2.81. The number of benzene rings is 1. The van der Waals surface area contributed by atoms with Crippen molar-refractivity contribution in [2.24, 2.45) is 5.92 Å². The first-order valence-corrected chi connectivity index (χ1v) is 6.42. The molecule has 0 saturated carbocycles. The summed E-state index contributed by atoms with van der Waals surface area (Å²) in [6.07, 6.45) is 1.74. The highest BCUT2D eigenvalue weighted by Crippen LogP contribution is 2.14. The first-order chi connectivity index (χ1) is 8.09. The van der Waals surface area contributed by atoms with Gasteiger partial charge in [0.2, 0.25) is 0 Å². The molecule has 0 fully saturated rings. The Morgan fingerprint density at radius 1 is 1.18 bits per heavy atom. The van der Waals surface area contributed by atoms with Crippen LogP contribution in [0.5, 0.6) is 0 Å². The van der Waals surface area contributed by atoms with Gasteiger partial charge in [0.15, 0.2) is 0 Å². The highest BCUT2D eigenvalue weighted by Gasteiger charge is 2.06. The Morgan fingerprint density at radius 3 is 2.41 bits per heavy atom. The summed E-state index contributed by atoms with van der Waals surface area (Å²) >= 11 is 0. The Hall–Kier alpha value is -0.860. The quantitative estimate of drug-likeness (QED) is 0.734. The van der Waals surface area contributed by atoms with Crippen LogP contribution in [-0.4, -0.2) is 18.3 Å². The number of hydrogen-bond acceptors (Lipinski definition) is 2. The maximum Gasteiger partial charge on any atom is 0.102 e. The molecule has 2 heteroatoms. The Bertz CT molecular complexity index is 303. The lowest BCUT2D eigenvalue weighted by molar-refractivity contribution is 0.0338. The lowest BCUT2D eigenvalue weighted by Crippen LogP contribution is -2.08. The van der Waals surface area contributed by atoms with Gasteiger partial charge in [-0.05, 0) is 31.2 Å². The summed E-state index contributed by atoms with van der Waals surface area (Å²) in [5.74, 6) is 0.723. The second-order valence-electron chi connectivity index (χ2n) is 5.04. The summed E-state index contributed by atoms with van der Waals surface area (Å²) in [5, 5.41) is 9.89. The fourth-order valence-corrected chi connectivity index (χ4v) is 1.67. The summed E-state index contributed by atoms with van der Waals surface area (Å²) < 4.78 is 5.48. The van der Waals surface area contributed by atoms with E-state index >= 15 is 0 Å². The fourth-order valence-electron chi connectivity index (χ4n) is 1.67. The van der Waals surface area contributed by atoms with Crippen LogP contribution in [0.3, 0.4) is 0 Å². The lowest BCUT2D eigenvalue weighted by atomic mass is 10.1. The third kappa shape index (κ3) is 5.85. The van der Waals surface area contributed by atoms with Gasteiger partial charge in [-0.2, -0.15) is 0 Å². The number of aryl methyl sites for hydroxylation is 1. The van der Waals surface area contributed by atoms with E-state index in [-0.39, 0.29) is 0 Å². The van der Waals surface area contributed by atoms with Gasteiger partial charge in [-0.3, -0.25) is 0 Å². The average molecular weight is 236 g/mol. The molecule has 0 radical (unpaired) electrons. The predicted molar refractivity (Wildman–Crippen MR) is 71.0 cm³/mol. The first-order valence-electron chi connectivity index (χ1n) is 6.42. The van der Waals surface area contributed by atoms with E-state index in [1.807, 2.05) is 31.2 Å². The predicted octanol–water partition coefficient (Wildman–Crippen LogP) is 3.48. The largest absolute Gasteiger partial charge is 0.386 e. The van der Waals surface area contributed by atoms with Gasteiger partial charge in [-0.1, -0.05) is 43.7 Å². The van der Waals surface area contributed by atoms with Crippen LogP contribution in [0.4, 0.5) is 0 Å². The van der Waals surface area contributed by atoms with Crippen molar-refractivity contribution in [3.05, 3.63) is 35.4 Å². The van der Waals surface area contributed by atoms with Crippen molar-refractivity contribution < 1.29 is 9.84 Å². The molecule has 0 heterocycles. The molecule has 17 heavy (non-hydrogen) atoms. The monoisotopic (exact) mass is 236 g/mol. The summed E-state index contributed by atoms with van der Waals surface area (Å²) in [6, 6.07) is 7.93. The van der Waals surface area contributed by atoms with Crippen molar-refractivity contribution in [2.45, 2.75) is 39.7 Å². The molecule has 1 rings (SSSR count). The molecule has 0 saturated heterocycles. The van der Waals surface area contributed by atoms with Crippen LogP contribution in [-0.2, 0) is 4.74 Å². The Kier molecular flexibility index (Phi) is 6.23. The summed E-state index contributed by atoms with van der Waals surface area (Å²) in [5.41, 5.74) is 2.14. The fraction of sp³-hybridized carbons (Fsp3) is 0.600. The zero-order valence-electron chi connectivity index (χ0n) is 11.1. The van der Waals surface area contributed by atoms with Gasteiger partial charge in [-0.15, -0.1) is 0 Å². The van der Waals surface area contributed by atoms with E-state index in [1.165, 1.54) is 12.0 Å². The standard InChI is InChI=1S/C15H24O2/c1-12(2)5-4-10-17-11-15(16)14-8-6-13(3)7-9-14/h6-9,12,15-16H,4-5,10-11H2,1-3H3. The molecule has 0 aromatic heterocycles. The number of rotatable bonds is 7. The van der Waals surface area contributed by atoms with Crippen molar-refractivity contribution in [3.63, 3.8) is 0 Å². The number of aliphatic hydroxyl groups excluding tert-OH is 1. The van der Waals surface area contributed by atoms with E-state index in [2.05, 4.69) is 13.8 Å². The van der Waals surface area contributed by atoms with Crippen molar-refractivity contribution in [1.29, 1.82) is 0 Å². The van der Waals surface area contributed by atoms with Crippen molar-refractivity contribution in [1.82, 2.24) is 0 Å². The van der Waals surface area contributed by atoms with Gasteiger partial charge < -0.3 is 9.84 Å². The van der Waals surface area contributed by atoms with Crippen LogP contribution in [0.1, 0.15) is 43.9 Å². The van der Waals surface area contributed by atoms with Crippen LogP contribution < -0.4 is 0 Å². The number of aliphatic hydroxyl groups is 1. The zero-order chi connectivity index (χ0) is 12.7. The smallest absolute Gasteiger partial charge is 0.102 e. The van der Waals surface area contributed by atoms with Gasteiger partial charge in [-0.25, -0.2) is 0 Å². The summed E-state index contributed by atoms with van der Waals surface area (Å²) in [6.45, 7) is 7.59. The van der Waals surface area contributed by atoms with Crippen molar-refractivity contribution >= 4 is 0 Å². The molecular formula is C15H24O2. The third-order valence-electron chi connectivity index (χ3n) is 2.81. The lowest BCUT2D eigenvalue weighted by Gasteiger charge is -2.12. The van der Waals surface area contributed by atoms with Crippen LogP contribution >= 0.6 is 0 Å². The van der Waals surface area contributed by atoms with Crippen molar-refractivity contribution in [3.8, 4) is 0 Å². The first kappa shape index (κ1) is 14.2. The van der Waals surface area contributed by atoms with Gasteiger partial charge in [0.25, 0.3) is 0 Å².